The lowest BCUT2D eigenvalue weighted by Crippen LogP contribution is -2.38. The van der Waals surface area contributed by atoms with E-state index < -0.39 is 0 Å². The van der Waals surface area contributed by atoms with Crippen LogP contribution in [0.25, 0.3) is 0 Å². The molecule has 0 aromatic carbocycles. The lowest BCUT2D eigenvalue weighted by molar-refractivity contribution is -0.139. The monoisotopic (exact) mass is 132 g/mol. The van der Waals surface area contributed by atoms with Crippen molar-refractivity contribution in [1.29, 1.82) is 0 Å². The van der Waals surface area contributed by atoms with Crippen LogP contribution in [-0.4, -0.2) is 25.8 Å². The van der Waals surface area contributed by atoms with Crippen LogP contribution in [0.5, 0.6) is 0 Å². The maximum Gasteiger partial charge on any atom is 0.319 e. The van der Waals surface area contributed by atoms with Gasteiger partial charge in [0.1, 0.15) is 0 Å². The third kappa shape index (κ3) is 5.26. The van der Waals surface area contributed by atoms with Crippen LogP contribution in [0, 0.1) is 0 Å². The Morgan fingerprint density at radius 2 is 2.44 bits per heavy atom. The Morgan fingerprint density at radius 1 is 1.89 bits per heavy atom. The van der Waals surface area contributed by atoms with Gasteiger partial charge in [-0.2, -0.15) is 0 Å². The van der Waals surface area contributed by atoms with Crippen molar-refractivity contribution >= 4 is 5.97 Å². The molecule has 3 N–H and O–H groups in total. The van der Waals surface area contributed by atoms with Crippen molar-refractivity contribution in [3.63, 3.8) is 0 Å². The number of nitrogens with one attached hydrogen (secondary N) is 1. The molecular weight excluding hydrogens is 120 g/mol. The third-order valence-corrected chi connectivity index (χ3v) is 0.796. The van der Waals surface area contributed by atoms with Crippen molar-refractivity contribution < 1.29 is 9.53 Å². The molecule has 54 valence electrons. The van der Waals surface area contributed by atoms with Crippen LogP contribution >= 0.6 is 0 Å². The smallest absolute Gasteiger partial charge is 0.319 e. The number of rotatable bonds is 3. The predicted octanol–water partition coefficient (Wildman–Crippen LogP) is -0.946. The summed E-state index contributed by atoms with van der Waals surface area (Å²) in [6, 6.07) is 0. The van der Waals surface area contributed by atoms with Crippen LogP contribution < -0.4 is 11.1 Å². The molecule has 9 heavy (non-hydrogen) atoms. The molecule has 0 saturated heterocycles. The maximum absolute atomic E-state index is 10.4. The molecule has 0 rings (SSSR count). The minimum atomic E-state index is -0.299. The van der Waals surface area contributed by atoms with Crippen LogP contribution in [0.3, 0.4) is 0 Å². The second kappa shape index (κ2) is 4.29. The Labute approximate surface area is 54.4 Å². The zero-order valence-electron chi connectivity index (χ0n) is 5.68. The largest absolute Gasteiger partial charge is 0.468 e. The summed E-state index contributed by atoms with van der Waals surface area (Å²) in [5.74, 6) is -0.299. The van der Waals surface area contributed by atoms with Gasteiger partial charge in [0.05, 0.1) is 19.8 Å². The Hall–Kier alpha value is -0.610. The quantitative estimate of drug-likeness (QED) is 0.384. The summed E-state index contributed by atoms with van der Waals surface area (Å²) in [5, 5.41) is 2.70. The zero-order valence-corrected chi connectivity index (χ0v) is 5.68. The molecule has 0 aromatic rings. The molecule has 0 fully saturated rings. The molecule has 0 aliphatic rings. The van der Waals surface area contributed by atoms with Gasteiger partial charge in [0, 0.05) is 0 Å². The highest BCUT2D eigenvalue weighted by atomic mass is 16.5. The maximum atomic E-state index is 10.4. The number of hydrogen-bond acceptors (Lipinski definition) is 4. The molecule has 0 aliphatic heterocycles. The van der Waals surface area contributed by atoms with E-state index in [0.717, 1.165) is 0 Å². The Bertz CT molecular complexity index is 93.0. The highest BCUT2D eigenvalue weighted by molar-refractivity contribution is 5.71. The van der Waals surface area contributed by atoms with Gasteiger partial charge >= 0.3 is 5.97 Å². The number of methoxy groups -OCH3 is 1. The van der Waals surface area contributed by atoms with Gasteiger partial charge in [0.15, 0.2) is 0 Å². The molecule has 0 heterocycles. The number of ether oxygens (including phenoxy) is 1. The molecule has 0 aliphatic carbocycles. The van der Waals surface area contributed by atoms with E-state index >= 15 is 0 Å². The molecule has 0 bridgehead atoms. The van der Waals surface area contributed by atoms with Gasteiger partial charge in [-0.1, -0.05) is 0 Å². The van der Waals surface area contributed by atoms with Gasteiger partial charge in [0.2, 0.25) is 0 Å². The topological polar surface area (TPSA) is 64.3 Å². The summed E-state index contributed by atoms with van der Waals surface area (Å²) in [4.78, 5) is 10.4. The van der Waals surface area contributed by atoms with Crippen LogP contribution in [0.15, 0.2) is 0 Å². The summed E-state index contributed by atoms with van der Waals surface area (Å²) >= 11 is 0. The molecule has 0 radical (unpaired) electrons. The number of nitrogens with two attached hydrogens (primary N) is 1. The standard InChI is InChI=1S/C5H12N2O2/c1-4(6)7-3-5(8)9-2/h4,7H,3,6H2,1-2H3. The highest BCUT2D eigenvalue weighted by Gasteiger charge is 1.98. The van der Waals surface area contributed by atoms with Gasteiger partial charge in [0.25, 0.3) is 0 Å². The van der Waals surface area contributed by atoms with Crippen LogP contribution in [0.4, 0.5) is 0 Å². The Kier molecular flexibility index (Phi) is 4.00. The third-order valence-electron chi connectivity index (χ3n) is 0.796. The van der Waals surface area contributed by atoms with Crippen molar-refractivity contribution in [3.05, 3.63) is 0 Å². The zero-order chi connectivity index (χ0) is 7.28. The molecule has 4 heteroatoms. The van der Waals surface area contributed by atoms with Gasteiger partial charge in [-0.15, -0.1) is 0 Å². The lowest BCUT2D eigenvalue weighted by atomic mass is 10.5. The molecular formula is C5H12N2O2. The van der Waals surface area contributed by atoms with Gasteiger partial charge in [-0.05, 0) is 6.92 Å². The molecule has 0 amide bonds. The summed E-state index contributed by atoms with van der Waals surface area (Å²) in [6.07, 6.45) is -0.163. The van der Waals surface area contributed by atoms with E-state index in [0.29, 0.717) is 0 Å². The minimum Gasteiger partial charge on any atom is -0.468 e. The summed E-state index contributed by atoms with van der Waals surface area (Å²) in [7, 11) is 1.34. The number of carbonyl (C=O) groups excluding carboxylic acids is 1. The van der Waals surface area contributed by atoms with Crippen molar-refractivity contribution in [2.24, 2.45) is 5.73 Å². The SMILES string of the molecule is COC(=O)CNC(C)N. The first-order chi connectivity index (χ1) is 4.16. The van der Waals surface area contributed by atoms with E-state index in [2.05, 4.69) is 10.1 Å². The van der Waals surface area contributed by atoms with Crippen LogP contribution in [0.1, 0.15) is 6.92 Å². The van der Waals surface area contributed by atoms with Crippen molar-refractivity contribution in [2.75, 3.05) is 13.7 Å². The van der Waals surface area contributed by atoms with Gasteiger partial charge in [-0.25, -0.2) is 0 Å². The second-order valence-electron chi connectivity index (χ2n) is 1.75. The van der Waals surface area contributed by atoms with Gasteiger partial charge in [-0.3, -0.25) is 10.1 Å². The Morgan fingerprint density at radius 3 is 2.78 bits per heavy atom. The molecule has 1 atom stereocenters. The fourth-order valence-corrected chi connectivity index (χ4v) is 0.316. The first-order valence-electron chi connectivity index (χ1n) is 2.72. The van der Waals surface area contributed by atoms with Crippen LogP contribution in [-0.2, 0) is 9.53 Å². The number of hydrogen-bond donors (Lipinski definition) is 2. The van der Waals surface area contributed by atoms with Crippen molar-refractivity contribution in [3.8, 4) is 0 Å². The van der Waals surface area contributed by atoms with E-state index in [-0.39, 0.29) is 18.7 Å². The highest BCUT2D eigenvalue weighted by Crippen LogP contribution is 1.70. The first-order valence-corrected chi connectivity index (χ1v) is 2.72. The fraction of sp³-hybridized carbons (Fsp3) is 0.800. The minimum absolute atomic E-state index is 0.163. The number of carbonyl (C=O) groups is 1. The second-order valence-corrected chi connectivity index (χ2v) is 1.75. The molecule has 4 nitrogen and oxygen atoms in total. The predicted molar refractivity (Wildman–Crippen MR) is 33.7 cm³/mol. The van der Waals surface area contributed by atoms with E-state index in [9.17, 15) is 4.79 Å². The number of esters is 1. The molecule has 1 unspecified atom stereocenters. The Balaban J connectivity index is 3.17. The lowest BCUT2D eigenvalue weighted by Gasteiger charge is -2.04. The van der Waals surface area contributed by atoms with Crippen molar-refractivity contribution in [1.82, 2.24) is 5.32 Å². The van der Waals surface area contributed by atoms with E-state index in [1.165, 1.54) is 7.11 Å². The van der Waals surface area contributed by atoms with E-state index in [1.54, 1.807) is 6.92 Å². The molecule has 0 spiro atoms. The van der Waals surface area contributed by atoms with E-state index in [4.69, 9.17) is 5.73 Å². The summed E-state index contributed by atoms with van der Waals surface area (Å²) in [5.41, 5.74) is 5.28. The molecule has 0 aromatic heterocycles. The van der Waals surface area contributed by atoms with Crippen LogP contribution in [0.2, 0.25) is 0 Å². The van der Waals surface area contributed by atoms with Crippen molar-refractivity contribution in [2.45, 2.75) is 13.1 Å². The summed E-state index contributed by atoms with van der Waals surface area (Å²) < 4.78 is 4.34. The normalized spacial score (nSPS) is 12.8. The average Bonchev–Trinajstić information content (AvgIpc) is 1.83. The van der Waals surface area contributed by atoms with Gasteiger partial charge < -0.3 is 10.5 Å². The average molecular weight is 132 g/mol. The fourth-order valence-electron chi connectivity index (χ4n) is 0.316. The van der Waals surface area contributed by atoms with E-state index in [1.807, 2.05) is 0 Å². The summed E-state index contributed by atoms with van der Waals surface area (Å²) in [6.45, 7) is 1.93. The first kappa shape index (κ1) is 8.39. The molecule has 0 saturated carbocycles.